The summed E-state index contributed by atoms with van der Waals surface area (Å²) in [7, 11) is 1.90. The van der Waals surface area contributed by atoms with Crippen LogP contribution in [0.1, 0.15) is 18.9 Å². The zero-order valence-electron chi connectivity index (χ0n) is 13.3. The minimum atomic E-state index is 0.00569. The minimum Gasteiger partial charge on any atom is -0.381 e. The SMILES string of the molecule is Cn1ccc2c3nnc4cc[nH]c(c43)n(C3CCOCC3)c(=O)c21. The summed E-state index contributed by atoms with van der Waals surface area (Å²) in [6.45, 7) is 1.35. The summed E-state index contributed by atoms with van der Waals surface area (Å²) >= 11 is 0. The van der Waals surface area contributed by atoms with Crippen molar-refractivity contribution in [2.75, 3.05) is 13.2 Å². The van der Waals surface area contributed by atoms with Crippen molar-refractivity contribution < 1.29 is 4.74 Å². The molecule has 0 aromatic carbocycles. The van der Waals surface area contributed by atoms with Crippen molar-refractivity contribution in [3.8, 4) is 0 Å². The molecule has 5 rings (SSSR count). The molecule has 7 nitrogen and oxygen atoms in total. The highest BCUT2D eigenvalue weighted by molar-refractivity contribution is 6.13. The highest BCUT2D eigenvalue weighted by Crippen LogP contribution is 2.30. The van der Waals surface area contributed by atoms with Crippen LogP contribution < -0.4 is 5.56 Å². The first-order chi connectivity index (χ1) is 11.8. The Hall–Kier alpha value is -2.67. The highest BCUT2D eigenvalue weighted by atomic mass is 16.5. The topological polar surface area (TPSA) is 77.7 Å². The van der Waals surface area contributed by atoms with Crippen LogP contribution in [0.25, 0.3) is 33.0 Å². The minimum absolute atomic E-state index is 0.00569. The smallest absolute Gasteiger partial charge is 0.276 e. The van der Waals surface area contributed by atoms with E-state index in [4.69, 9.17) is 4.74 Å². The number of rotatable bonds is 1. The molecule has 5 heterocycles. The van der Waals surface area contributed by atoms with Crippen molar-refractivity contribution in [3.63, 3.8) is 0 Å². The molecule has 0 aliphatic carbocycles. The number of aryl methyl sites for hydroxylation is 1. The highest BCUT2D eigenvalue weighted by Gasteiger charge is 2.23. The van der Waals surface area contributed by atoms with Gasteiger partial charge >= 0.3 is 0 Å². The van der Waals surface area contributed by atoms with Crippen molar-refractivity contribution in [2.24, 2.45) is 7.05 Å². The normalized spacial score (nSPS) is 16.5. The number of pyridine rings is 1. The zero-order valence-corrected chi connectivity index (χ0v) is 13.3. The summed E-state index contributed by atoms with van der Waals surface area (Å²) in [4.78, 5) is 16.7. The maximum absolute atomic E-state index is 13.4. The van der Waals surface area contributed by atoms with Crippen LogP contribution in [0.4, 0.5) is 0 Å². The summed E-state index contributed by atoms with van der Waals surface area (Å²) in [5, 5.41) is 10.4. The lowest BCUT2D eigenvalue weighted by Gasteiger charge is -2.24. The number of fused-ring (bicyclic) bond motifs is 2. The summed E-state index contributed by atoms with van der Waals surface area (Å²) in [6.07, 6.45) is 5.38. The Morgan fingerprint density at radius 1 is 1.25 bits per heavy atom. The third kappa shape index (κ3) is 1.73. The quantitative estimate of drug-likeness (QED) is 0.582. The molecule has 1 saturated heterocycles. The van der Waals surface area contributed by atoms with Crippen LogP contribution in [0.2, 0.25) is 0 Å². The van der Waals surface area contributed by atoms with E-state index in [0.717, 1.165) is 40.3 Å². The number of hydrogen-bond donors (Lipinski definition) is 1. The fraction of sp³-hybridized carbons (Fsp3) is 0.353. The molecule has 122 valence electrons. The summed E-state index contributed by atoms with van der Waals surface area (Å²) < 4.78 is 9.25. The number of hydrogen-bond acceptors (Lipinski definition) is 4. The van der Waals surface area contributed by atoms with Crippen LogP contribution in [0.5, 0.6) is 0 Å². The third-order valence-corrected chi connectivity index (χ3v) is 4.99. The van der Waals surface area contributed by atoms with Crippen molar-refractivity contribution in [1.82, 2.24) is 24.3 Å². The number of aromatic nitrogens is 5. The molecule has 24 heavy (non-hydrogen) atoms. The molecule has 0 unspecified atom stereocenters. The van der Waals surface area contributed by atoms with Gasteiger partial charge in [0, 0.05) is 44.1 Å². The lowest BCUT2D eigenvalue weighted by atomic mass is 10.1. The van der Waals surface area contributed by atoms with Gasteiger partial charge in [0.05, 0.1) is 5.39 Å². The number of aromatic amines is 1. The number of H-pyrrole nitrogens is 1. The third-order valence-electron chi connectivity index (χ3n) is 4.99. The Labute approximate surface area is 136 Å². The Morgan fingerprint density at radius 2 is 2.08 bits per heavy atom. The monoisotopic (exact) mass is 323 g/mol. The number of nitrogens with zero attached hydrogens (tertiary/aromatic N) is 4. The molecule has 1 aliphatic heterocycles. The van der Waals surface area contributed by atoms with E-state index in [1.165, 1.54) is 0 Å². The molecule has 0 bridgehead atoms. The summed E-state index contributed by atoms with van der Waals surface area (Å²) in [6, 6.07) is 3.95. The Morgan fingerprint density at radius 3 is 2.92 bits per heavy atom. The van der Waals surface area contributed by atoms with E-state index in [9.17, 15) is 4.79 Å². The molecular formula is C17H17N5O2. The van der Waals surface area contributed by atoms with Crippen LogP contribution in [0.3, 0.4) is 0 Å². The fourth-order valence-corrected chi connectivity index (χ4v) is 3.82. The van der Waals surface area contributed by atoms with Gasteiger partial charge in [-0.2, -0.15) is 0 Å². The standard InChI is InChI=1S/C17H17N5O2/c1-21-7-3-11-14-13-12(19-20-14)2-6-18-16(13)22(17(23)15(11)21)10-4-8-24-9-5-10/h2-3,6-7,10,18H,4-5,8-9H2,1H3. The van der Waals surface area contributed by atoms with Gasteiger partial charge in [0.15, 0.2) is 0 Å². The van der Waals surface area contributed by atoms with Gasteiger partial charge in [0.2, 0.25) is 0 Å². The second-order valence-electron chi connectivity index (χ2n) is 6.34. The molecule has 0 atom stereocenters. The summed E-state index contributed by atoms with van der Waals surface area (Å²) in [5.41, 5.74) is 3.04. The van der Waals surface area contributed by atoms with Crippen molar-refractivity contribution in [3.05, 3.63) is 34.9 Å². The fourth-order valence-electron chi connectivity index (χ4n) is 3.82. The summed E-state index contributed by atoms with van der Waals surface area (Å²) in [5.74, 6) is 0. The average molecular weight is 323 g/mol. The van der Waals surface area contributed by atoms with Crippen LogP contribution in [0.15, 0.2) is 29.3 Å². The predicted molar refractivity (Wildman–Crippen MR) is 91.2 cm³/mol. The molecule has 4 aromatic rings. The largest absolute Gasteiger partial charge is 0.381 e. The van der Waals surface area contributed by atoms with E-state index >= 15 is 0 Å². The van der Waals surface area contributed by atoms with E-state index in [-0.39, 0.29) is 11.6 Å². The molecule has 0 saturated carbocycles. The Kier molecular flexibility index (Phi) is 2.81. The van der Waals surface area contributed by atoms with Crippen LogP contribution in [-0.2, 0) is 11.8 Å². The lowest BCUT2D eigenvalue weighted by Crippen LogP contribution is -2.29. The Bertz CT molecular complexity index is 1130. The van der Waals surface area contributed by atoms with Gasteiger partial charge in [-0.1, -0.05) is 0 Å². The van der Waals surface area contributed by atoms with Gasteiger partial charge in [-0.3, -0.25) is 9.36 Å². The first kappa shape index (κ1) is 13.7. The zero-order chi connectivity index (χ0) is 16.3. The van der Waals surface area contributed by atoms with Gasteiger partial charge in [-0.15, -0.1) is 10.2 Å². The first-order valence-corrected chi connectivity index (χ1v) is 8.16. The lowest BCUT2D eigenvalue weighted by molar-refractivity contribution is 0.0698. The van der Waals surface area contributed by atoms with Gasteiger partial charge in [0.1, 0.15) is 22.2 Å². The van der Waals surface area contributed by atoms with Crippen molar-refractivity contribution in [1.29, 1.82) is 0 Å². The molecule has 4 aromatic heterocycles. The van der Waals surface area contributed by atoms with Crippen LogP contribution in [0, 0.1) is 0 Å². The van der Waals surface area contributed by atoms with Gasteiger partial charge < -0.3 is 14.3 Å². The molecule has 1 N–H and O–H groups in total. The van der Waals surface area contributed by atoms with Crippen LogP contribution in [-0.4, -0.2) is 37.5 Å². The molecule has 0 amide bonds. The first-order valence-electron chi connectivity index (χ1n) is 8.16. The molecular weight excluding hydrogens is 306 g/mol. The average Bonchev–Trinajstić information content (AvgIpc) is 3.17. The Balaban J connectivity index is 2.05. The van der Waals surface area contributed by atoms with Crippen molar-refractivity contribution in [2.45, 2.75) is 18.9 Å². The van der Waals surface area contributed by atoms with Gasteiger partial charge in [-0.05, 0) is 25.0 Å². The molecule has 1 fully saturated rings. The number of nitrogens with one attached hydrogen (secondary N) is 1. The van der Waals surface area contributed by atoms with E-state index in [2.05, 4.69) is 15.2 Å². The molecule has 0 radical (unpaired) electrons. The van der Waals surface area contributed by atoms with Crippen molar-refractivity contribution >= 4 is 33.0 Å². The molecule has 1 aliphatic rings. The predicted octanol–water partition coefficient (Wildman–Crippen LogP) is 2.12. The van der Waals surface area contributed by atoms with Crippen LogP contribution >= 0.6 is 0 Å². The maximum Gasteiger partial charge on any atom is 0.276 e. The van der Waals surface area contributed by atoms with Gasteiger partial charge in [0.25, 0.3) is 5.56 Å². The molecule has 7 heteroatoms. The molecule has 0 spiro atoms. The maximum atomic E-state index is 13.4. The number of ether oxygens (including phenoxy) is 1. The second-order valence-corrected chi connectivity index (χ2v) is 6.34. The van der Waals surface area contributed by atoms with Gasteiger partial charge in [-0.25, -0.2) is 0 Å². The van der Waals surface area contributed by atoms with E-state index in [0.29, 0.717) is 18.7 Å². The second kappa shape index (κ2) is 4.91. The van der Waals surface area contributed by atoms with E-state index in [1.54, 1.807) is 0 Å². The van der Waals surface area contributed by atoms with E-state index < -0.39 is 0 Å². The van der Waals surface area contributed by atoms with E-state index in [1.807, 2.05) is 40.7 Å².